The van der Waals surface area contributed by atoms with E-state index in [-0.39, 0.29) is 11.8 Å². The number of carbonyl (C=O) groups excluding carboxylic acids is 1. The molecule has 0 bridgehead atoms. The molecule has 90 valence electrons. The maximum Gasteiger partial charge on any atom is 0.307 e. The van der Waals surface area contributed by atoms with Crippen LogP contribution in [0.1, 0.15) is 16.9 Å². The Labute approximate surface area is 103 Å². The highest BCUT2D eigenvalue weighted by Gasteiger charge is 2.50. The molecule has 1 aliphatic carbocycles. The van der Waals surface area contributed by atoms with Crippen LogP contribution in [0.4, 0.5) is 0 Å². The molecule has 0 radical (unpaired) electrons. The number of aliphatic carboxylic acids is 1. The van der Waals surface area contributed by atoms with Gasteiger partial charge in [-0.2, -0.15) is 0 Å². The Morgan fingerprint density at radius 2 is 2.24 bits per heavy atom. The lowest BCUT2D eigenvalue weighted by Crippen LogP contribution is -2.37. The highest BCUT2D eigenvalue weighted by Crippen LogP contribution is 2.41. The number of hydrogen-bond acceptors (Lipinski definition) is 3. The van der Waals surface area contributed by atoms with Crippen LogP contribution in [-0.2, 0) is 22.6 Å². The SMILES string of the molecule is O=C(O)C1CC1C(=O)N1CCc2sccc2C1. The first-order valence-electron chi connectivity index (χ1n) is 5.73. The Balaban J connectivity index is 1.68. The van der Waals surface area contributed by atoms with Crippen LogP contribution in [0.5, 0.6) is 0 Å². The third-order valence-electron chi connectivity index (χ3n) is 3.54. The van der Waals surface area contributed by atoms with E-state index in [0.29, 0.717) is 13.0 Å². The fourth-order valence-corrected chi connectivity index (χ4v) is 3.30. The van der Waals surface area contributed by atoms with E-state index >= 15 is 0 Å². The zero-order valence-corrected chi connectivity index (χ0v) is 10.1. The zero-order chi connectivity index (χ0) is 12.0. The molecule has 17 heavy (non-hydrogen) atoms. The summed E-state index contributed by atoms with van der Waals surface area (Å²) in [5, 5.41) is 10.9. The molecule has 1 aliphatic heterocycles. The summed E-state index contributed by atoms with van der Waals surface area (Å²) in [6, 6.07) is 2.06. The number of rotatable bonds is 2. The van der Waals surface area contributed by atoms with Gasteiger partial charge in [-0.3, -0.25) is 9.59 Å². The average molecular weight is 251 g/mol. The molecule has 0 spiro atoms. The Bertz CT molecular complexity index is 482. The van der Waals surface area contributed by atoms with Gasteiger partial charge in [0.15, 0.2) is 0 Å². The van der Waals surface area contributed by atoms with Gasteiger partial charge in [0.05, 0.1) is 11.8 Å². The molecule has 2 heterocycles. The minimum Gasteiger partial charge on any atom is -0.481 e. The van der Waals surface area contributed by atoms with Crippen molar-refractivity contribution in [3.05, 3.63) is 21.9 Å². The molecule has 2 aliphatic rings. The maximum atomic E-state index is 12.1. The molecule has 5 heteroatoms. The molecule has 1 aromatic rings. The van der Waals surface area contributed by atoms with Crippen molar-refractivity contribution in [3.63, 3.8) is 0 Å². The van der Waals surface area contributed by atoms with Gasteiger partial charge in [-0.05, 0) is 29.9 Å². The van der Waals surface area contributed by atoms with E-state index in [0.717, 1.165) is 13.0 Å². The third-order valence-corrected chi connectivity index (χ3v) is 4.57. The second-order valence-electron chi connectivity index (χ2n) is 4.67. The number of carboxylic acids is 1. The summed E-state index contributed by atoms with van der Waals surface area (Å²) < 4.78 is 0. The van der Waals surface area contributed by atoms with Crippen LogP contribution in [0, 0.1) is 11.8 Å². The maximum absolute atomic E-state index is 12.1. The van der Waals surface area contributed by atoms with Crippen molar-refractivity contribution in [1.82, 2.24) is 4.90 Å². The van der Waals surface area contributed by atoms with Crippen LogP contribution in [0.15, 0.2) is 11.4 Å². The average Bonchev–Trinajstić information content (AvgIpc) is 2.99. The molecular weight excluding hydrogens is 238 g/mol. The van der Waals surface area contributed by atoms with Gasteiger partial charge >= 0.3 is 5.97 Å². The lowest BCUT2D eigenvalue weighted by atomic mass is 10.1. The topological polar surface area (TPSA) is 57.6 Å². The van der Waals surface area contributed by atoms with Crippen LogP contribution in [0.3, 0.4) is 0 Å². The van der Waals surface area contributed by atoms with Crippen molar-refractivity contribution in [2.75, 3.05) is 6.54 Å². The van der Waals surface area contributed by atoms with Crippen LogP contribution in [-0.4, -0.2) is 28.4 Å². The molecule has 4 nitrogen and oxygen atoms in total. The number of nitrogens with zero attached hydrogens (tertiary/aromatic N) is 1. The van der Waals surface area contributed by atoms with Gasteiger partial charge in [0, 0.05) is 18.0 Å². The first-order chi connectivity index (χ1) is 8.16. The van der Waals surface area contributed by atoms with E-state index in [2.05, 4.69) is 11.4 Å². The fourth-order valence-electron chi connectivity index (χ4n) is 2.41. The first-order valence-corrected chi connectivity index (χ1v) is 6.61. The predicted molar refractivity (Wildman–Crippen MR) is 62.7 cm³/mol. The highest BCUT2D eigenvalue weighted by atomic mass is 32.1. The number of carbonyl (C=O) groups is 2. The summed E-state index contributed by atoms with van der Waals surface area (Å²) in [5.41, 5.74) is 1.22. The molecule has 0 saturated heterocycles. The summed E-state index contributed by atoms with van der Waals surface area (Å²) in [5.74, 6) is -1.52. The van der Waals surface area contributed by atoms with Gasteiger partial charge in [0.2, 0.25) is 5.91 Å². The predicted octanol–water partition coefficient (Wildman–Crippen LogP) is 1.35. The Hall–Kier alpha value is -1.36. The molecule has 2 unspecified atom stereocenters. The summed E-state index contributed by atoms with van der Waals surface area (Å²) in [7, 11) is 0. The molecule has 1 fully saturated rings. The zero-order valence-electron chi connectivity index (χ0n) is 9.26. The number of thiophene rings is 1. The quantitative estimate of drug-likeness (QED) is 0.863. The summed E-state index contributed by atoms with van der Waals surface area (Å²) >= 11 is 1.74. The van der Waals surface area contributed by atoms with E-state index in [1.807, 2.05) is 4.90 Å². The Morgan fingerprint density at radius 3 is 2.94 bits per heavy atom. The van der Waals surface area contributed by atoms with Gasteiger partial charge < -0.3 is 10.0 Å². The Morgan fingerprint density at radius 1 is 1.41 bits per heavy atom. The van der Waals surface area contributed by atoms with Crippen LogP contribution in [0.25, 0.3) is 0 Å². The lowest BCUT2D eigenvalue weighted by molar-refractivity contribution is -0.142. The minimum absolute atomic E-state index is 0.0225. The molecule has 1 aromatic heterocycles. The van der Waals surface area contributed by atoms with Gasteiger partial charge in [-0.15, -0.1) is 11.3 Å². The van der Waals surface area contributed by atoms with Crippen LogP contribution in [0.2, 0.25) is 0 Å². The second-order valence-corrected chi connectivity index (χ2v) is 5.67. The first kappa shape index (κ1) is 10.8. The van der Waals surface area contributed by atoms with Crippen molar-refractivity contribution in [1.29, 1.82) is 0 Å². The highest BCUT2D eigenvalue weighted by molar-refractivity contribution is 7.10. The third kappa shape index (κ3) is 1.84. The molecule has 1 N–H and O–H groups in total. The standard InChI is InChI=1S/C12H13NO3S/c14-11(8-5-9(8)12(15)16)13-3-1-10-7(6-13)2-4-17-10/h2,4,8-9H,1,3,5-6H2,(H,15,16). The van der Waals surface area contributed by atoms with Crippen LogP contribution >= 0.6 is 11.3 Å². The van der Waals surface area contributed by atoms with Crippen LogP contribution < -0.4 is 0 Å². The van der Waals surface area contributed by atoms with E-state index < -0.39 is 11.9 Å². The van der Waals surface area contributed by atoms with E-state index in [4.69, 9.17) is 5.11 Å². The number of hydrogen-bond donors (Lipinski definition) is 1. The molecular formula is C12H13NO3S. The largest absolute Gasteiger partial charge is 0.481 e. The smallest absolute Gasteiger partial charge is 0.307 e. The molecule has 1 saturated carbocycles. The van der Waals surface area contributed by atoms with Crippen molar-refractivity contribution >= 4 is 23.2 Å². The lowest BCUT2D eigenvalue weighted by Gasteiger charge is -2.27. The Kier molecular flexibility index (Phi) is 2.43. The van der Waals surface area contributed by atoms with Gasteiger partial charge in [-0.25, -0.2) is 0 Å². The summed E-state index contributed by atoms with van der Waals surface area (Å²) in [4.78, 5) is 26.0. The monoisotopic (exact) mass is 251 g/mol. The van der Waals surface area contributed by atoms with Gasteiger partial charge in [-0.1, -0.05) is 0 Å². The van der Waals surface area contributed by atoms with E-state index in [1.165, 1.54) is 10.4 Å². The second kappa shape index (κ2) is 3.84. The van der Waals surface area contributed by atoms with Crippen molar-refractivity contribution in [2.45, 2.75) is 19.4 Å². The number of carboxylic acid groups (broad SMARTS) is 1. The molecule has 0 aromatic carbocycles. The number of fused-ring (bicyclic) bond motifs is 1. The minimum atomic E-state index is -0.836. The number of amides is 1. The normalized spacial score (nSPS) is 26.5. The molecule has 1 amide bonds. The fraction of sp³-hybridized carbons (Fsp3) is 0.500. The van der Waals surface area contributed by atoms with E-state index in [9.17, 15) is 9.59 Å². The summed E-state index contributed by atoms with van der Waals surface area (Å²) in [6.07, 6.45) is 1.42. The van der Waals surface area contributed by atoms with E-state index in [1.54, 1.807) is 11.3 Å². The van der Waals surface area contributed by atoms with Crippen molar-refractivity contribution in [2.24, 2.45) is 11.8 Å². The van der Waals surface area contributed by atoms with Gasteiger partial charge in [0.1, 0.15) is 0 Å². The molecule has 2 atom stereocenters. The summed E-state index contributed by atoms with van der Waals surface area (Å²) in [6.45, 7) is 1.38. The molecule has 3 rings (SSSR count). The van der Waals surface area contributed by atoms with Crippen molar-refractivity contribution in [3.8, 4) is 0 Å². The van der Waals surface area contributed by atoms with Crippen molar-refractivity contribution < 1.29 is 14.7 Å². The van der Waals surface area contributed by atoms with Gasteiger partial charge in [0.25, 0.3) is 0 Å².